The Kier molecular flexibility index (Phi) is 6.27. The van der Waals surface area contributed by atoms with Crippen molar-refractivity contribution in [2.24, 2.45) is 0 Å². The first-order chi connectivity index (χ1) is 11.8. The number of aldehydes is 1. The van der Waals surface area contributed by atoms with E-state index >= 15 is 0 Å². The van der Waals surface area contributed by atoms with Gasteiger partial charge in [-0.3, -0.25) is 4.79 Å². The monoisotopic (exact) mass is 373 g/mol. The Balaban J connectivity index is 1.83. The average Bonchev–Trinajstić information content (AvgIpc) is 2.59. The molecule has 10 heteroatoms. The molecule has 0 radical (unpaired) electrons. The maximum atomic E-state index is 12.4. The van der Waals surface area contributed by atoms with Crippen molar-refractivity contribution >= 4 is 24.3 Å². The molecule has 0 N–H and O–H groups in total. The van der Waals surface area contributed by atoms with Crippen LogP contribution in [0.1, 0.15) is 5.56 Å². The molecule has 1 unspecified atom stereocenters. The number of alkyl halides is 3. The molecule has 1 aromatic carbocycles. The van der Waals surface area contributed by atoms with Crippen LogP contribution in [-0.2, 0) is 9.53 Å². The van der Waals surface area contributed by atoms with Gasteiger partial charge in [-0.25, -0.2) is 9.10 Å². The van der Waals surface area contributed by atoms with Crippen LogP contribution in [0.4, 0.5) is 18.0 Å². The molecular weight excluding hydrogens is 359 g/mol. The summed E-state index contributed by atoms with van der Waals surface area (Å²) < 4.78 is 43.5. The Morgan fingerprint density at radius 1 is 1.24 bits per heavy atom. The van der Waals surface area contributed by atoms with Gasteiger partial charge in [0.05, 0.1) is 11.6 Å². The van der Waals surface area contributed by atoms with Crippen LogP contribution in [0.3, 0.4) is 0 Å². The number of nitriles is 1. The minimum atomic E-state index is -4.91. The molecule has 0 saturated carbocycles. The van der Waals surface area contributed by atoms with Crippen molar-refractivity contribution in [2.45, 2.75) is 17.2 Å². The van der Waals surface area contributed by atoms with Gasteiger partial charge in [0.25, 0.3) is 6.10 Å². The Morgan fingerprint density at radius 2 is 1.84 bits per heavy atom. The Labute approximate surface area is 146 Å². The quantitative estimate of drug-likeness (QED) is 0.596. The lowest BCUT2D eigenvalue weighted by molar-refractivity contribution is -0.199. The van der Waals surface area contributed by atoms with Crippen molar-refractivity contribution in [2.75, 3.05) is 26.2 Å². The molecule has 1 heterocycles. The average molecular weight is 373 g/mol. The van der Waals surface area contributed by atoms with E-state index in [9.17, 15) is 22.8 Å². The van der Waals surface area contributed by atoms with Gasteiger partial charge in [-0.05, 0) is 36.2 Å². The van der Waals surface area contributed by atoms with E-state index < -0.39 is 24.7 Å². The molecule has 2 rings (SSSR count). The first-order valence-electron chi connectivity index (χ1n) is 7.24. The minimum Gasteiger partial charge on any atom is -0.429 e. The van der Waals surface area contributed by atoms with Crippen LogP contribution >= 0.6 is 11.9 Å². The third kappa shape index (κ3) is 5.37. The van der Waals surface area contributed by atoms with Crippen LogP contribution in [0.25, 0.3) is 0 Å². The fourth-order valence-electron chi connectivity index (χ4n) is 2.06. The highest BCUT2D eigenvalue weighted by Gasteiger charge is 2.43. The molecule has 1 aromatic rings. The second-order valence-corrected chi connectivity index (χ2v) is 6.30. The zero-order valence-corrected chi connectivity index (χ0v) is 13.7. The third-order valence-electron chi connectivity index (χ3n) is 3.39. The van der Waals surface area contributed by atoms with Crippen molar-refractivity contribution in [3.63, 3.8) is 0 Å². The summed E-state index contributed by atoms with van der Waals surface area (Å²) in [6.45, 7) is 1.23. The lowest BCUT2D eigenvalue weighted by atomic mass is 10.2. The van der Waals surface area contributed by atoms with E-state index in [1.165, 1.54) is 11.9 Å². The predicted octanol–water partition coefficient (Wildman–Crippen LogP) is 2.45. The van der Waals surface area contributed by atoms with Gasteiger partial charge in [0.1, 0.15) is 0 Å². The largest absolute Gasteiger partial charge is 0.432 e. The number of ether oxygens (including phenoxy) is 1. The predicted molar refractivity (Wildman–Crippen MR) is 82.5 cm³/mol. The van der Waals surface area contributed by atoms with E-state index in [1.54, 1.807) is 24.3 Å². The van der Waals surface area contributed by atoms with Gasteiger partial charge in [-0.2, -0.15) is 18.4 Å². The van der Waals surface area contributed by atoms with Crippen LogP contribution in [-0.4, -0.2) is 60.0 Å². The van der Waals surface area contributed by atoms with E-state index in [4.69, 9.17) is 5.26 Å². The number of hydrogen-bond acceptors (Lipinski definition) is 6. The summed E-state index contributed by atoms with van der Waals surface area (Å²) in [5.41, 5.74) is 0.548. The second-order valence-electron chi connectivity index (χ2n) is 5.13. The Bertz CT molecular complexity index is 653. The first-order valence-corrected chi connectivity index (χ1v) is 8.01. The lowest BCUT2D eigenvalue weighted by Gasteiger charge is -2.33. The van der Waals surface area contributed by atoms with E-state index in [0.29, 0.717) is 18.7 Å². The van der Waals surface area contributed by atoms with Crippen LogP contribution in [0.5, 0.6) is 0 Å². The van der Waals surface area contributed by atoms with E-state index in [1.807, 2.05) is 10.4 Å². The van der Waals surface area contributed by atoms with Gasteiger partial charge in [0, 0.05) is 31.1 Å². The normalized spacial score (nSPS) is 16.8. The zero-order chi connectivity index (χ0) is 18.4. The standard InChI is InChI=1S/C15H14F3N3O3S/c16-15(17,18)13(10-22)24-14(23)20-5-7-21(8-6-20)25-12-3-1-11(9-19)2-4-12/h1-4,10,13H,5-8H2. The maximum Gasteiger partial charge on any atom is 0.432 e. The molecule has 0 spiro atoms. The maximum absolute atomic E-state index is 12.4. The number of halogens is 3. The van der Waals surface area contributed by atoms with Crippen molar-refractivity contribution in [1.82, 2.24) is 9.21 Å². The number of benzene rings is 1. The van der Waals surface area contributed by atoms with E-state index in [-0.39, 0.29) is 13.1 Å². The fourth-order valence-corrected chi connectivity index (χ4v) is 2.96. The molecule has 6 nitrogen and oxygen atoms in total. The summed E-state index contributed by atoms with van der Waals surface area (Å²) in [7, 11) is 0. The number of rotatable bonds is 4. The molecule has 1 saturated heterocycles. The number of hydrogen-bond donors (Lipinski definition) is 0. The van der Waals surface area contributed by atoms with Crippen molar-refractivity contribution in [3.05, 3.63) is 29.8 Å². The smallest absolute Gasteiger partial charge is 0.429 e. The Morgan fingerprint density at radius 3 is 2.32 bits per heavy atom. The topological polar surface area (TPSA) is 73.6 Å². The fraction of sp³-hybridized carbons (Fsp3) is 0.400. The van der Waals surface area contributed by atoms with Gasteiger partial charge in [-0.15, -0.1) is 0 Å². The summed E-state index contributed by atoms with van der Waals surface area (Å²) in [6.07, 6.45) is -9.25. The summed E-state index contributed by atoms with van der Waals surface area (Å²) >= 11 is 1.43. The number of amides is 1. The second kappa shape index (κ2) is 8.22. The molecule has 25 heavy (non-hydrogen) atoms. The van der Waals surface area contributed by atoms with Gasteiger partial charge >= 0.3 is 12.3 Å². The van der Waals surface area contributed by atoms with Crippen LogP contribution in [0.15, 0.2) is 29.2 Å². The lowest BCUT2D eigenvalue weighted by Crippen LogP contribution is -2.48. The van der Waals surface area contributed by atoms with Gasteiger partial charge in [-0.1, -0.05) is 0 Å². The van der Waals surface area contributed by atoms with Crippen LogP contribution in [0.2, 0.25) is 0 Å². The highest BCUT2D eigenvalue weighted by Crippen LogP contribution is 2.25. The molecule has 1 amide bonds. The van der Waals surface area contributed by atoms with Crippen LogP contribution < -0.4 is 0 Å². The van der Waals surface area contributed by atoms with E-state index in [2.05, 4.69) is 4.74 Å². The number of nitrogens with zero attached hydrogens (tertiary/aromatic N) is 3. The molecular formula is C15H14F3N3O3S. The van der Waals surface area contributed by atoms with Crippen molar-refractivity contribution < 1.29 is 27.5 Å². The van der Waals surface area contributed by atoms with Crippen molar-refractivity contribution in [1.29, 1.82) is 5.26 Å². The summed E-state index contributed by atoms with van der Waals surface area (Å²) in [6, 6.07) is 8.98. The first kappa shape index (κ1) is 19.1. The number of carbonyl (C=O) groups excluding carboxylic acids is 2. The number of carbonyl (C=O) groups is 2. The SMILES string of the molecule is N#Cc1ccc(SN2CCN(C(=O)OC(C=O)C(F)(F)F)CC2)cc1. The molecule has 1 fully saturated rings. The summed E-state index contributed by atoms with van der Waals surface area (Å²) in [5.74, 6) is 0. The highest BCUT2D eigenvalue weighted by atomic mass is 32.2. The molecule has 1 aliphatic heterocycles. The molecule has 0 aliphatic carbocycles. The molecule has 1 atom stereocenters. The summed E-state index contributed by atoms with van der Waals surface area (Å²) in [5, 5.41) is 8.75. The van der Waals surface area contributed by atoms with Crippen LogP contribution in [0, 0.1) is 11.3 Å². The number of piperazine rings is 1. The molecule has 1 aliphatic rings. The Hall–Kier alpha value is -2.25. The molecule has 134 valence electrons. The van der Waals surface area contributed by atoms with Gasteiger partial charge in [0.2, 0.25) is 0 Å². The minimum absolute atomic E-state index is 0.186. The van der Waals surface area contributed by atoms with Gasteiger partial charge < -0.3 is 9.64 Å². The van der Waals surface area contributed by atoms with Gasteiger partial charge in [0.15, 0.2) is 6.29 Å². The molecule has 0 bridgehead atoms. The van der Waals surface area contributed by atoms with E-state index in [0.717, 1.165) is 9.80 Å². The zero-order valence-electron chi connectivity index (χ0n) is 12.9. The summed E-state index contributed by atoms with van der Waals surface area (Å²) in [4.78, 5) is 24.2. The third-order valence-corrected chi connectivity index (χ3v) is 4.50. The molecule has 0 aromatic heterocycles. The van der Waals surface area contributed by atoms with Crippen molar-refractivity contribution in [3.8, 4) is 6.07 Å². The highest BCUT2D eigenvalue weighted by molar-refractivity contribution is 7.97.